The number of ether oxygens (including phenoxy) is 2. The predicted molar refractivity (Wildman–Crippen MR) is 74.4 cm³/mol. The fourth-order valence-electron chi connectivity index (χ4n) is 2.24. The minimum Gasteiger partial charge on any atom is -0.489 e. The Morgan fingerprint density at radius 3 is 2.44 bits per heavy atom. The minimum absolute atomic E-state index is 0.655. The van der Waals surface area contributed by atoms with Crippen LogP contribution in [-0.2, 0) is 12.0 Å². The van der Waals surface area contributed by atoms with Crippen LogP contribution in [0.25, 0.3) is 0 Å². The van der Waals surface area contributed by atoms with E-state index in [9.17, 15) is 5.11 Å². The van der Waals surface area contributed by atoms with Crippen molar-refractivity contribution in [3.8, 4) is 11.5 Å². The Hall–Kier alpha value is -0.740. The Labute approximate surface area is 116 Å². The highest BCUT2D eigenvalue weighted by Crippen LogP contribution is 2.44. The van der Waals surface area contributed by atoms with Crippen LogP contribution in [0.4, 0.5) is 0 Å². The van der Waals surface area contributed by atoms with Crippen LogP contribution < -0.4 is 9.47 Å². The number of aliphatic hydroxyl groups is 1. The van der Waals surface area contributed by atoms with E-state index in [1.807, 2.05) is 6.07 Å². The first-order chi connectivity index (χ1) is 8.45. The lowest BCUT2D eigenvalue weighted by molar-refractivity contribution is 0.0771. The monoisotopic (exact) mass is 314 g/mol. The van der Waals surface area contributed by atoms with Crippen molar-refractivity contribution in [1.29, 1.82) is 0 Å². The van der Waals surface area contributed by atoms with Crippen LogP contribution in [0.5, 0.6) is 11.5 Å². The van der Waals surface area contributed by atoms with Crippen LogP contribution in [-0.4, -0.2) is 18.3 Å². The molecule has 1 N–H and O–H groups in total. The summed E-state index contributed by atoms with van der Waals surface area (Å²) in [6.45, 7) is 6.96. The Morgan fingerprint density at radius 2 is 1.89 bits per heavy atom. The van der Waals surface area contributed by atoms with Gasteiger partial charge in [0, 0.05) is 12.0 Å². The van der Waals surface area contributed by atoms with Gasteiger partial charge in [0.25, 0.3) is 0 Å². The van der Waals surface area contributed by atoms with Gasteiger partial charge >= 0.3 is 0 Å². The molecule has 1 aliphatic rings. The maximum Gasteiger partial charge on any atom is 0.175 e. The van der Waals surface area contributed by atoms with E-state index in [0.29, 0.717) is 13.2 Å². The van der Waals surface area contributed by atoms with Gasteiger partial charge in [-0.25, -0.2) is 0 Å². The second kappa shape index (κ2) is 5.10. The molecule has 3 nitrogen and oxygen atoms in total. The largest absolute Gasteiger partial charge is 0.489 e. The molecule has 0 aromatic heterocycles. The van der Waals surface area contributed by atoms with Crippen molar-refractivity contribution in [2.45, 2.75) is 39.2 Å². The van der Waals surface area contributed by atoms with Crippen molar-refractivity contribution in [2.24, 2.45) is 0 Å². The zero-order valence-electron chi connectivity index (χ0n) is 11.0. The molecule has 4 heteroatoms. The van der Waals surface area contributed by atoms with Gasteiger partial charge in [0.15, 0.2) is 11.5 Å². The van der Waals surface area contributed by atoms with Crippen molar-refractivity contribution < 1.29 is 14.6 Å². The van der Waals surface area contributed by atoms with Crippen LogP contribution in [0.2, 0.25) is 0 Å². The highest BCUT2D eigenvalue weighted by atomic mass is 79.9. The topological polar surface area (TPSA) is 38.7 Å². The van der Waals surface area contributed by atoms with E-state index in [1.54, 1.807) is 13.8 Å². The van der Waals surface area contributed by atoms with Crippen LogP contribution in [0.3, 0.4) is 0 Å². The first-order valence-electron chi connectivity index (χ1n) is 6.29. The molecule has 0 fully saturated rings. The number of hydrogen-bond donors (Lipinski definition) is 1. The third kappa shape index (κ3) is 2.50. The Bertz CT molecular complexity index is 449. The van der Waals surface area contributed by atoms with E-state index in [0.717, 1.165) is 39.9 Å². The minimum atomic E-state index is -0.890. The molecule has 18 heavy (non-hydrogen) atoms. The van der Waals surface area contributed by atoms with Crippen LogP contribution in [0, 0.1) is 0 Å². The van der Waals surface area contributed by atoms with E-state index in [-0.39, 0.29) is 0 Å². The zero-order valence-corrected chi connectivity index (χ0v) is 12.6. The van der Waals surface area contributed by atoms with Crippen LogP contribution >= 0.6 is 15.9 Å². The molecule has 2 rings (SSSR count). The molecule has 1 aromatic carbocycles. The zero-order chi connectivity index (χ0) is 13.3. The first kappa shape index (κ1) is 13.7. The molecule has 0 atom stereocenters. The predicted octanol–water partition coefficient (Wildman–Crippen LogP) is 3.40. The standard InChI is InChI=1S/C14H19BrO3/c1-4-9-10(14(2,3)16)8-11(15)13-12(9)17-6-5-7-18-13/h8,16H,4-7H2,1-3H3. The van der Waals surface area contributed by atoms with Gasteiger partial charge in [-0.3, -0.25) is 0 Å². The quantitative estimate of drug-likeness (QED) is 0.909. The number of benzene rings is 1. The maximum absolute atomic E-state index is 10.3. The normalized spacial score (nSPS) is 15.4. The second-order valence-electron chi connectivity index (χ2n) is 5.01. The Morgan fingerprint density at radius 1 is 1.28 bits per heavy atom. The summed E-state index contributed by atoms with van der Waals surface area (Å²) in [5, 5.41) is 10.3. The summed E-state index contributed by atoms with van der Waals surface area (Å²) in [6, 6.07) is 1.94. The lowest BCUT2D eigenvalue weighted by Crippen LogP contribution is -2.19. The van der Waals surface area contributed by atoms with E-state index < -0.39 is 5.60 Å². The highest BCUT2D eigenvalue weighted by Gasteiger charge is 2.27. The van der Waals surface area contributed by atoms with Crippen LogP contribution in [0.15, 0.2) is 10.5 Å². The van der Waals surface area contributed by atoms with Crippen molar-refractivity contribution in [2.75, 3.05) is 13.2 Å². The molecule has 0 saturated carbocycles. The molecular formula is C14H19BrO3. The molecule has 0 amide bonds. The Balaban J connectivity index is 2.65. The lowest BCUT2D eigenvalue weighted by Gasteiger charge is -2.25. The van der Waals surface area contributed by atoms with Gasteiger partial charge in [-0.15, -0.1) is 0 Å². The number of fused-ring (bicyclic) bond motifs is 1. The van der Waals surface area contributed by atoms with Crippen molar-refractivity contribution in [1.82, 2.24) is 0 Å². The summed E-state index contributed by atoms with van der Waals surface area (Å²) in [5.74, 6) is 1.54. The summed E-state index contributed by atoms with van der Waals surface area (Å²) in [7, 11) is 0. The first-order valence-corrected chi connectivity index (χ1v) is 7.08. The maximum atomic E-state index is 10.3. The highest BCUT2D eigenvalue weighted by molar-refractivity contribution is 9.10. The molecule has 1 aromatic rings. The molecule has 0 bridgehead atoms. The summed E-state index contributed by atoms with van der Waals surface area (Å²) in [5.41, 5.74) is 1.03. The molecule has 0 spiro atoms. The molecule has 100 valence electrons. The molecule has 1 heterocycles. The molecule has 1 aliphatic heterocycles. The number of hydrogen-bond acceptors (Lipinski definition) is 3. The lowest BCUT2D eigenvalue weighted by atomic mass is 9.91. The van der Waals surface area contributed by atoms with E-state index >= 15 is 0 Å². The van der Waals surface area contributed by atoms with Crippen molar-refractivity contribution in [3.63, 3.8) is 0 Å². The third-order valence-electron chi connectivity index (χ3n) is 3.09. The summed E-state index contributed by atoms with van der Waals surface area (Å²) >= 11 is 3.51. The van der Waals surface area contributed by atoms with Gasteiger partial charge in [0.2, 0.25) is 0 Å². The van der Waals surface area contributed by atoms with Gasteiger partial charge in [-0.05, 0) is 47.8 Å². The molecule has 0 saturated heterocycles. The van der Waals surface area contributed by atoms with Gasteiger partial charge in [-0.2, -0.15) is 0 Å². The molecule has 0 aliphatic carbocycles. The van der Waals surface area contributed by atoms with Crippen LogP contribution in [0.1, 0.15) is 38.3 Å². The number of rotatable bonds is 2. The molecule has 0 unspecified atom stereocenters. The fourth-order valence-corrected chi connectivity index (χ4v) is 2.76. The Kier molecular flexibility index (Phi) is 3.87. The van der Waals surface area contributed by atoms with Crippen molar-refractivity contribution in [3.05, 3.63) is 21.7 Å². The van der Waals surface area contributed by atoms with E-state index in [4.69, 9.17) is 9.47 Å². The SMILES string of the molecule is CCc1c(C(C)(C)O)cc(Br)c2c1OCCCO2. The van der Waals surface area contributed by atoms with Gasteiger partial charge in [0.05, 0.1) is 23.3 Å². The fraction of sp³-hybridized carbons (Fsp3) is 0.571. The summed E-state index contributed by atoms with van der Waals surface area (Å²) in [4.78, 5) is 0. The molecule has 0 radical (unpaired) electrons. The third-order valence-corrected chi connectivity index (χ3v) is 3.68. The molecular weight excluding hydrogens is 296 g/mol. The van der Waals surface area contributed by atoms with E-state index in [1.165, 1.54) is 0 Å². The van der Waals surface area contributed by atoms with Gasteiger partial charge in [0.1, 0.15) is 0 Å². The van der Waals surface area contributed by atoms with E-state index in [2.05, 4.69) is 22.9 Å². The van der Waals surface area contributed by atoms with Gasteiger partial charge in [-0.1, -0.05) is 6.92 Å². The van der Waals surface area contributed by atoms with Crippen molar-refractivity contribution >= 4 is 15.9 Å². The average Bonchev–Trinajstić information content (AvgIpc) is 2.53. The average molecular weight is 315 g/mol. The number of halogens is 1. The van der Waals surface area contributed by atoms with Gasteiger partial charge < -0.3 is 14.6 Å². The summed E-state index contributed by atoms with van der Waals surface area (Å²) in [6.07, 6.45) is 1.68. The second-order valence-corrected chi connectivity index (χ2v) is 5.86. The summed E-state index contributed by atoms with van der Waals surface area (Å²) < 4.78 is 12.4. The smallest absolute Gasteiger partial charge is 0.175 e.